The van der Waals surface area contributed by atoms with Crippen molar-refractivity contribution < 1.29 is 4.79 Å². The van der Waals surface area contributed by atoms with Crippen LogP contribution in [0.2, 0.25) is 0 Å². The maximum Gasteiger partial charge on any atom is 0.137 e. The minimum Gasteiger partial charge on any atom is -0.299 e. The Morgan fingerprint density at radius 2 is 1.89 bits per heavy atom. The van der Waals surface area contributed by atoms with Gasteiger partial charge in [0, 0.05) is 17.7 Å². The minimum absolute atomic E-state index is 0.327. The van der Waals surface area contributed by atoms with Crippen LogP contribution in [0.25, 0.3) is 0 Å². The molecular formula is C16H18OS. The van der Waals surface area contributed by atoms with E-state index in [1.54, 1.807) is 11.3 Å². The molecule has 1 aromatic heterocycles. The van der Waals surface area contributed by atoms with E-state index in [0.29, 0.717) is 18.6 Å². The van der Waals surface area contributed by atoms with Gasteiger partial charge in [-0.05, 0) is 37.3 Å². The predicted octanol–water partition coefficient (Wildman–Crippen LogP) is 4.11. The van der Waals surface area contributed by atoms with Gasteiger partial charge in [0.1, 0.15) is 5.78 Å². The molecule has 0 unspecified atom stereocenters. The number of carbonyl (C=O) groups excluding carboxylic acids is 1. The molecule has 1 aromatic carbocycles. The molecule has 0 radical (unpaired) electrons. The van der Waals surface area contributed by atoms with Crippen molar-refractivity contribution in [1.29, 1.82) is 0 Å². The third-order valence-corrected chi connectivity index (χ3v) is 3.85. The summed E-state index contributed by atoms with van der Waals surface area (Å²) in [7, 11) is 0. The smallest absolute Gasteiger partial charge is 0.137 e. The Kier molecular flexibility index (Phi) is 4.32. The van der Waals surface area contributed by atoms with Gasteiger partial charge in [-0.25, -0.2) is 0 Å². The molecule has 2 aromatic rings. The van der Waals surface area contributed by atoms with Gasteiger partial charge in [0.25, 0.3) is 0 Å². The van der Waals surface area contributed by atoms with Crippen LogP contribution in [0.3, 0.4) is 0 Å². The summed E-state index contributed by atoms with van der Waals surface area (Å²) in [6, 6.07) is 10.5. The molecule has 0 aliphatic carbocycles. The van der Waals surface area contributed by atoms with Crippen LogP contribution >= 0.6 is 11.3 Å². The average Bonchev–Trinajstić information content (AvgIpc) is 2.77. The first-order chi connectivity index (χ1) is 8.63. The van der Waals surface area contributed by atoms with Crippen molar-refractivity contribution >= 4 is 17.1 Å². The van der Waals surface area contributed by atoms with Gasteiger partial charge in [-0.15, -0.1) is 11.3 Å². The molecular weight excluding hydrogens is 240 g/mol. The van der Waals surface area contributed by atoms with Gasteiger partial charge < -0.3 is 0 Å². The lowest BCUT2D eigenvalue weighted by atomic mass is 10.0. The van der Waals surface area contributed by atoms with Crippen LogP contribution in [-0.2, 0) is 17.6 Å². The van der Waals surface area contributed by atoms with E-state index in [0.717, 1.165) is 12.0 Å². The third kappa shape index (κ3) is 3.81. The Labute approximate surface area is 112 Å². The SMILES string of the molecule is Cc1cc(C)cc(CC(=O)CCc2cccs2)c1. The van der Waals surface area contributed by atoms with E-state index in [1.807, 2.05) is 6.07 Å². The second-order valence-electron chi connectivity index (χ2n) is 4.79. The minimum atomic E-state index is 0.327. The molecule has 1 heterocycles. The van der Waals surface area contributed by atoms with Gasteiger partial charge in [-0.1, -0.05) is 35.4 Å². The lowest BCUT2D eigenvalue weighted by Gasteiger charge is -2.04. The van der Waals surface area contributed by atoms with Crippen LogP contribution in [-0.4, -0.2) is 5.78 Å². The van der Waals surface area contributed by atoms with E-state index in [9.17, 15) is 4.79 Å². The number of benzene rings is 1. The molecule has 0 spiro atoms. The molecule has 0 bridgehead atoms. The van der Waals surface area contributed by atoms with Gasteiger partial charge in [0.05, 0.1) is 0 Å². The largest absolute Gasteiger partial charge is 0.299 e. The summed E-state index contributed by atoms with van der Waals surface area (Å²) in [5.41, 5.74) is 3.61. The monoisotopic (exact) mass is 258 g/mol. The summed E-state index contributed by atoms with van der Waals surface area (Å²) >= 11 is 1.72. The molecule has 0 aliphatic rings. The fraction of sp³-hybridized carbons (Fsp3) is 0.312. The lowest BCUT2D eigenvalue weighted by Crippen LogP contribution is -2.04. The van der Waals surface area contributed by atoms with Gasteiger partial charge in [0.15, 0.2) is 0 Å². The van der Waals surface area contributed by atoms with Crippen molar-refractivity contribution in [2.75, 3.05) is 0 Å². The maximum absolute atomic E-state index is 11.9. The normalized spacial score (nSPS) is 10.6. The van der Waals surface area contributed by atoms with E-state index in [-0.39, 0.29) is 0 Å². The number of hydrogen-bond acceptors (Lipinski definition) is 2. The van der Waals surface area contributed by atoms with Gasteiger partial charge in [-0.2, -0.15) is 0 Å². The number of ketones is 1. The maximum atomic E-state index is 11.9. The van der Waals surface area contributed by atoms with Crippen molar-refractivity contribution in [2.24, 2.45) is 0 Å². The summed E-state index contributed by atoms with van der Waals surface area (Å²) in [6.45, 7) is 4.15. The summed E-state index contributed by atoms with van der Waals surface area (Å²) in [6.07, 6.45) is 2.09. The van der Waals surface area contributed by atoms with Crippen LogP contribution in [0.1, 0.15) is 28.0 Å². The Morgan fingerprint density at radius 3 is 2.50 bits per heavy atom. The summed E-state index contributed by atoms with van der Waals surface area (Å²) in [4.78, 5) is 13.2. The lowest BCUT2D eigenvalue weighted by molar-refractivity contribution is -0.118. The van der Waals surface area contributed by atoms with E-state index >= 15 is 0 Å². The molecule has 18 heavy (non-hydrogen) atoms. The first-order valence-electron chi connectivity index (χ1n) is 6.25. The molecule has 2 rings (SSSR count). The fourth-order valence-corrected chi connectivity index (χ4v) is 2.91. The number of thiophene rings is 1. The highest BCUT2D eigenvalue weighted by Gasteiger charge is 2.06. The highest BCUT2D eigenvalue weighted by molar-refractivity contribution is 7.09. The van der Waals surface area contributed by atoms with E-state index in [2.05, 4.69) is 43.5 Å². The van der Waals surface area contributed by atoms with Gasteiger partial charge >= 0.3 is 0 Å². The van der Waals surface area contributed by atoms with Crippen LogP contribution < -0.4 is 0 Å². The molecule has 0 saturated heterocycles. The molecule has 0 N–H and O–H groups in total. The number of Topliss-reactive ketones (excluding diaryl/α,β-unsaturated/α-hetero) is 1. The molecule has 1 nitrogen and oxygen atoms in total. The van der Waals surface area contributed by atoms with E-state index in [1.165, 1.54) is 16.0 Å². The van der Waals surface area contributed by atoms with Crippen molar-refractivity contribution in [3.05, 3.63) is 57.3 Å². The molecule has 2 heteroatoms. The standard InChI is InChI=1S/C16H18OS/c1-12-8-13(2)10-14(9-12)11-15(17)5-6-16-4-3-7-18-16/h3-4,7-10H,5-6,11H2,1-2H3. The summed E-state index contributed by atoms with van der Waals surface area (Å²) in [5, 5.41) is 2.06. The summed E-state index contributed by atoms with van der Waals surface area (Å²) < 4.78 is 0. The molecule has 0 amide bonds. The van der Waals surface area contributed by atoms with Crippen molar-refractivity contribution in [1.82, 2.24) is 0 Å². The van der Waals surface area contributed by atoms with E-state index in [4.69, 9.17) is 0 Å². The third-order valence-electron chi connectivity index (χ3n) is 2.91. The first kappa shape index (κ1) is 13.0. The van der Waals surface area contributed by atoms with Crippen molar-refractivity contribution in [3.8, 4) is 0 Å². The van der Waals surface area contributed by atoms with Gasteiger partial charge in [0.2, 0.25) is 0 Å². The van der Waals surface area contributed by atoms with Crippen LogP contribution in [0.4, 0.5) is 0 Å². The Hall–Kier alpha value is -1.41. The van der Waals surface area contributed by atoms with E-state index < -0.39 is 0 Å². The molecule has 0 aliphatic heterocycles. The number of hydrogen-bond donors (Lipinski definition) is 0. The zero-order chi connectivity index (χ0) is 13.0. The average molecular weight is 258 g/mol. The number of aryl methyl sites for hydroxylation is 3. The zero-order valence-electron chi connectivity index (χ0n) is 10.9. The fourth-order valence-electron chi connectivity index (χ4n) is 2.20. The molecule has 0 saturated carbocycles. The van der Waals surface area contributed by atoms with Crippen LogP contribution in [0, 0.1) is 13.8 Å². The van der Waals surface area contributed by atoms with Crippen molar-refractivity contribution in [3.63, 3.8) is 0 Å². The van der Waals surface area contributed by atoms with Crippen LogP contribution in [0.5, 0.6) is 0 Å². The predicted molar refractivity (Wildman–Crippen MR) is 77.3 cm³/mol. The molecule has 94 valence electrons. The highest BCUT2D eigenvalue weighted by atomic mass is 32.1. The second kappa shape index (κ2) is 5.96. The number of rotatable bonds is 5. The Morgan fingerprint density at radius 1 is 1.17 bits per heavy atom. The summed E-state index contributed by atoms with van der Waals surface area (Å²) in [5.74, 6) is 0.327. The zero-order valence-corrected chi connectivity index (χ0v) is 11.7. The molecule has 0 fully saturated rings. The Bertz CT molecular complexity index is 506. The quantitative estimate of drug-likeness (QED) is 0.788. The topological polar surface area (TPSA) is 17.1 Å². The second-order valence-corrected chi connectivity index (χ2v) is 5.82. The number of carbonyl (C=O) groups is 1. The first-order valence-corrected chi connectivity index (χ1v) is 7.13. The highest BCUT2D eigenvalue weighted by Crippen LogP contribution is 2.14. The molecule has 0 atom stereocenters. The Balaban J connectivity index is 1.90. The van der Waals surface area contributed by atoms with Crippen LogP contribution in [0.15, 0.2) is 35.7 Å². The van der Waals surface area contributed by atoms with Crippen molar-refractivity contribution in [2.45, 2.75) is 33.1 Å². The van der Waals surface area contributed by atoms with Gasteiger partial charge in [-0.3, -0.25) is 4.79 Å².